The minimum Gasteiger partial charge on any atom is -0.457 e. The molecule has 1 heterocycles. The highest BCUT2D eigenvalue weighted by Gasteiger charge is 2.22. The second kappa shape index (κ2) is 8.36. The minimum absolute atomic E-state index is 0.00409. The molecule has 0 aromatic heterocycles. The molecule has 4 rings (SSSR count). The van der Waals surface area contributed by atoms with Gasteiger partial charge < -0.3 is 19.5 Å². The van der Waals surface area contributed by atoms with Crippen LogP contribution in [0.25, 0.3) is 6.08 Å². The number of nitro benzene ring substituents is 1. The van der Waals surface area contributed by atoms with Crippen molar-refractivity contribution < 1.29 is 23.9 Å². The number of benzene rings is 3. The number of hydrogen-bond acceptors (Lipinski definition) is 6. The van der Waals surface area contributed by atoms with Gasteiger partial charge in [0.15, 0.2) is 11.5 Å². The van der Waals surface area contributed by atoms with Gasteiger partial charge in [-0.1, -0.05) is 18.2 Å². The van der Waals surface area contributed by atoms with E-state index in [0.717, 1.165) is 0 Å². The Hall–Kier alpha value is -4.33. The number of amides is 1. The molecule has 0 aliphatic carbocycles. The first-order valence-electron chi connectivity index (χ1n) is 8.98. The third-order valence-corrected chi connectivity index (χ3v) is 4.23. The van der Waals surface area contributed by atoms with Gasteiger partial charge in [-0.15, -0.1) is 0 Å². The van der Waals surface area contributed by atoms with Crippen LogP contribution in [0.1, 0.15) is 5.56 Å². The van der Waals surface area contributed by atoms with Crippen LogP contribution in [0.5, 0.6) is 23.0 Å². The molecule has 1 N–H and O–H groups in total. The maximum atomic E-state index is 12.2. The zero-order valence-corrected chi connectivity index (χ0v) is 15.6. The van der Waals surface area contributed by atoms with Crippen molar-refractivity contribution in [1.29, 1.82) is 0 Å². The van der Waals surface area contributed by atoms with E-state index in [1.54, 1.807) is 24.3 Å². The zero-order chi connectivity index (χ0) is 20.9. The van der Waals surface area contributed by atoms with E-state index in [1.807, 2.05) is 30.3 Å². The number of anilines is 1. The van der Waals surface area contributed by atoms with Crippen molar-refractivity contribution in [3.63, 3.8) is 0 Å². The predicted molar refractivity (Wildman–Crippen MR) is 110 cm³/mol. The molecule has 0 radical (unpaired) electrons. The van der Waals surface area contributed by atoms with Crippen LogP contribution in [0, 0.1) is 10.1 Å². The summed E-state index contributed by atoms with van der Waals surface area (Å²) in [6, 6.07) is 19.0. The van der Waals surface area contributed by atoms with Crippen LogP contribution in [0.3, 0.4) is 0 Å². The van der Waals surface area contributed by atoms with Crippen LogP contribution in [0.15, 0.2) is 72.8 Å². The van der Waals surface area contributed by atoms with Crippen molar-refractivity contribution in [2.75, 3.05) is 12.1 Å². The highest BCUT2D eigenvalue weighted by molar-refractivity contribution is 6.02. The first-order valence-corrected chi connectivity index (χ1v) is 8.98. The first-order chi connectivity index (χ1) is 14.6. The average Bonchev–Trinajstić information content (AvgIpc) is 3.21. The van der Waals surface area contributed by atoms with E-state index >= 15 is 0 Å². The summed E-state index contributed by atoms with van der Waals surface area (Å²) in [5.74, 6) is 1.61. The molecule has 150 valence electrons. The monoisotopic (exact) mass is 404 g/mol. The van der Waals surface area contributed by atoms with E-state index in [-0.39, 0.29) is 18.0 Å². The highest BCUT2D eigenvalue weighted by atomic mass is 16.7. The Morgan fingerprint density at radius 1 is 1.00 bits per heavy atom. The lowest BCUT2D eigenvalue weighted by Crippen LogP contribution is -2.07. The molecule has 1 aliphatic rings. The van der Waals surface area contributed by atoms with Crippen LogP contribution in [-0.2, 0) is 4.79 Å². The number of hydrogen-bond donors (Lipinski definition) is 1. The van der Waals surface area contributed by atoms with E-state index < -0.39 is 10.8 Å². The highest BCUT2D eigenvalue weighted by Crippen LogP contribution is 2.38. The lowest BCUT2D eigenvalue weighted by molar-refractivity contribution is -0.385. The fourth-order valence-electron chi connectivity index (χ4n) is 2.82. The summed E-state index contributed by atoms with van der Waals surface area (Å²) in [5, 5.41) is 14.0. The molecule has 30 heavy (non-hydrogen) atoms. The molecular formula is C22H16N2O6. The van der Waals surface area contributed by atoms with Crippen molar-refractivity contribution in [3.05, 3.63) is 88.5 Å². The number of carbonyl (C=O) groups is 1. The molecule has 8 heteroatoms. The quantitative estimate of drug-likeness (QED) is 0.361. The largest absolute Gasteiger partial charge is 0.457 e. The molecule has 0 atom stereocenters. The fourth-order valence-corrected chi connectivity index (χ4v) is 2.82. The normalized spacial score (nSPS) is 12.0. The van der Waals surface area contributed by atoms with Crippen molar-refractivity contribution in [3.8, 4) is 23.0 Å². The summed E-state index contributed by atoms with van der Waals surface area (Å²) in [4.78, 5) is 23.0. The first kappa shape index (κ1) is 19.0. The van der Waals surface area contributed by atoms with Gasteiger partial charge in [-0.05, 0) is 48.5 Å². The summed E-state index contributed by atoms with van der Waals surface area (Å²) >= 11 is 0. The number of nitro groups is 1. The lowest BCUT2D eigenvalue weighted by Gasteiger charge is -2.07. The van der Waals surface area contributed by atoms with Gasteiger partial charge in [0.2, 0.25) is 12.7 Å². The summed E-state index contributed by atoms with van der Waals surface area (Å²) < 4.78 is 16.1. The lowest BCUT2D eigenvalue weighted by atomic mass is 10.1. The number of ether oxygens (including phenoxy) is 3. The number of fused-ring (bicyclic) bond motifs is 1. The second-order valence-corrected chi connectivity index (χ2v) is 6.28. The Morgan fingerprint density at radius 3 is 2.37 bits per heavy atom. The number of nitrogens with one attached hydrogen (secondary N) is 1. The van der Waals surface area contributed by atoms with E-state index in [9.17, 15) is 14.9 Å². The predicted octanol–water partition coefficient (Wildman–Crippen LogP) is 4.77. The molecule has 0 fully saturated rings. The van der Waals surface area contributed by atoms with Gasteiger partial charge in [0.05, 0.1) is 16.6 Å². The third-order valence-electron chi connectivity index (χ3n) is 4.23. The van der Waals surface area contributed by atoms with Gasteiger partial charge in [0.1, 0.15) is 11.5 Å². The Labute approximate surface area is 171 Å². The van der Waals surface area contributed by atoms with E-state index in [2.05, 4.69) is 5.32 Å². The maximum absolute atomic E-state index is 12.2. The van der Waals surface area contributed by atoms with Crippen LogP contribution >= 0.6 is 0 Å². The Balaban J connectivity index is 1.42. The molecule has 1 amide bonds. The van der Waals surface area contributed by atoms with Gasteiger partial charge >= 0.3 is 0 Å². The smallest absolute Gasteiger partial charge is 0.280 e. The van der Waals surface area contributed by atoms with Gasteiger partial charge in [0.25, 0.3) is 5.69 Å². The summed E-state index contributed by atoms with van der Waals surface area (Å²) in [6.07, 6.45) is 2.58. The van der Waals surface area contributed by atoms with Crippen LogP contribution in [0.4, 0.5) is 11.4 Å². The number of nitrogens with zero attached hydrogens (tertiary/aromatic N) is 1. The van der Waals surface area contributed by atoms with Crippen molar-refractivity contribution >= 4 is 23.4 Å². The van der Waals surface area contributed by atoms with Crippen molar-refractivity contribution in [2.45, 2.75) is 0 Å². The molecule has 0 bridgehead atoms. The second-order valence-electron chi connectivity index (χ2n) is 6.28. The van der Waals surface area contributed by atoms with Crippen LogP contribution in [-0.4, -0.2) is 17.6 Å². The summed E-state index contributed by atoms with van der Waals surface area (Å²) in [6.45, 7) is 0.00409. The van der Waals surface area contributed by atoms with Crippen LogP contribution < -0.4 is 19.5 Å². The van der Waals surface area contributed by atoms with Gasteiger partial charge in [-0.3, -0.25) is 14.9 Å². The zero-order valence-electron chi connectivity index (χ0n) is 15.6. The Kier molecular flexibility index (Phi) is 5.29. The van der Waals surface area contributed by atoms with E-state index in [0.29, 0.717) is 28.7 Å². The fraction of sp³-hybridized carbons (Fsp3) is 0.0455. The SMILES string of the molecule is O=C(/C=C/c1cc2c(cc1[N+](=O)[O-])OCO2)Nc1ccc(Oc2ccccc2)cc1. The molecule has 3 aromatic carbocycles. The van der Waals surface area contributed by atoms with Gasteiger partial charge in [-0.25, -0.2) is 0 Å². The van der Waals surface area contributed by atoms with E-state index in [1.165, 1.54) is 24.3 Å². The molecule has 0 spiro atoms. The number of rotatable bonds is 6. The van der Waals surface area contributed by atoms with Gasteiger partial charge in [-0.2, -0.15) is 0 Å². The average molecular weight is 404 g/mol. The Morgan fingerprint density at radius 2 is 1.67 bits per heavy atom. The summed E-state index contributed by atoms with van der Waals surface area (Å²) in [7, 11) is 0. The molecule has 0 unspecified atom stereocenters. The van der Waals surface area contributed by atoms with Crippen molar-refractivity contribution in [2.24, 2.45) is 0 Å². The van der Waals surface area contributed by atoms with Crippen molar-refractivity contribution in [1.82, 2.24) is 0 Å². The topological polar surface area (TPSA) is 99.9 Å². The van der Waals surface area contributed by atoms with E-state index in [4.69, 9.17) is 14.2 Å². The molecular weight excluding hydrogens is 388 g/mol. The molecule has 0 saturated heterocycles. The summed E-state index contributed by atoms with van der Waals surface area (Å²) in [5.41, 5.74) is 0.627. The maximum Gasteiger partial charge on any atom is 0.280 e. The number of para-hydroxylation sites is 1. The van der Waals surface area contributed by atoms with Crippen LogP contribution in [0.2, 0.25) is 0 Å². The molecule has 3 aromatic rings. The molecule has 8 nitrogen and oxygen atoms in total. The molecule has 0 saturated carbocycles. The number of carbonyl (C=O) groups excluding carboxylic acids is 1. The standard InChI is InChI=1S/C22H16N2O6/c25-22(11-6-15-12-20-21(29-14-28-20)13-19(15)24(26)27)23-16-7-9-18(10-8-16)30-17-4-2-1-3-5-17/h1-13H,14H2,(H,23,25)/b11-6+. The Bertz CT molecular complexity index is 1110. The minimum atomic E-state index is -0.537. The van der Waals surface area contributed by atoms with Gasteiger partial charge in [0, 0.05) is 11.8 Å². The molecule has 1 aliphatic heterocycles. The third kappa shape index (κ3) is 4.39.